The Balaban J connectivity index is 1.55. The molecule has 1 aliphatic rings. The topological polar surface area (TPSA) is 132 Å². The van der Waals surface area contributed by atoms with Crippen molar-refractivity contribution in [3.05, 3.63) is 87.2 Å². The van der Waals surface area contributed by atoms with E-state index in [1.165, 1.54) is 26.2 Å². The molecule has 0 fully saturated rings. The van der Waals surface area contributed by atoms with Crippen molar-refractivity contribution in [2.45, 2.75) is 33.3 Å². The SMILES string of the molecule is CCc1[nH]c(C(=O)OC(C)C(=O)Nc2cccc3c2C(=O)c2ccccc2C3=O)c(C)c1C(=O)OC. The van der Waals surface area contributed by atoms with Gasteiger partial charge in [-0.25, -0.2) is 9.59 Å². The number of anilines is 1. The first kappa shape index (κ1) is 24.6. The van der Waals surface area contributed by atoms with Gasteiger partial charge in [-0.15, -0.1) is 0 Å². The number of aromatic amines is 1. The number of ether oxygens (including phenoxy) is 2. The molecule has 0 spiro atoms. The Labute approximate surface area is 206 Å². The highest BCUT2D eigenvalue weighted by Crippen LogP contribution is 2.32. The molecular formula is C27H24N2O7. The number of nitrogens with one attached hydrogen (secondary N) is 2. The summed E-state index contributed by atoms with van der Waals surface area (Å²) in [6.45, 7) is 4.78. The molecular weight excluding hydrogens is 464 g/mol. The third-order valence-corrected chi connectivity index (χ3v) is 6.14. The van der Waals surface area contributed by atoms with Gasteiger partial charge in [0.05, 0.1) is 23.9 Å². The first-order valence-electron chi connectivity index (χ1n) is 11.3. The highest BCUT2D eigenvalue weighted by molar-refractivity contribution is 6.30. The predicted molar refractivity (Wildman–Crippen MR) is 130 cm³/mol. The summed E-state index contributed by atoms with van der Waals surface area (Å²) >= 11 is 0. The number of amides is 1. The lowest BCUT2D eigenvalue weighted by atomic mass is 9.83. The minimum Gasteiger partial charge on any atom is -0.465 e. The van der Waals surface area contributed by atoms with Gasteiger partial charge in [-0.05, 0) is 31.9 Å². The summed E-state index contributed by atoms with van der Waals surface area (Å²) in [6, 6.07) is 11.1. The number of esters is 2. The van der Waals surface area contributed by atoms with Gasteiger partial charge in [0, 0.05) is 22.4 Å². The molecule has 9 nitrogen and oxygen atoms in total. The largest absolute Gasteiger partial charge is 0.465 e. The summed E-state index contributed by atoms with van der Waals surface area (Å²) in [6.07, 6.45) is -0.798. The molecule has 0 radical (unpaired) electrons. The Morgan fingerprint density at radius 3 is 2.22 bits per heavy atom. The summed E-state index contributed by atoms with van der Waals surface area (Å²) in [5.41, 5.74) is 2.15. The zero-order chi connectivity index (χ0) is 26.1. The number of hydrogen-bond acceptors (Lipinski definition) is 7. The number of carbonyl (C=O) groups is 5. The molecule has 0 saturated heterocycles. The normalized spacial score (nSPS) is 12.9. The van der Waals surface area contributed by atoms with Crippen LogP contribution in [0.2, 0.25) is 0 Å². The quantitative estimate of drug-likeness (QED) is 0.396. The summed E-state index contributed by atoms with van der Waals surface area (Å²) in [5.74, 6) is -2.80. The van der Waals surface area contributed by atoms with E-state index in [1.807, 2.05) is 6.92 Å². The molecule has 0 aliphatic heterocycles. The predicted octanol–water partition coefficient (Wildman–Crippen LogP) is 3.63. The van der Waals surface area contributed by atoms with E-state index in [4.69, 9.17) is 9.47 Å². The van der Waals surface area contributed by atoms with Crippen molar-refractivity contribution in [3.8, 4) is 0 Å². The summed E-state index contributed by atoms with van der Waals surface area (Å²) in [7, 11) is 1.25. The van der Waals surface area contributed by atoms with Gasteiger partial charge in [0.25, 0.3) is 5.91 Å². The molecule has 1 unspecified atom stereocenters. The Morgan fingerprint density at radius 2 is 1.58 bits per heavy atom. The van der Waals surface area contributed by atoms with Crippen LogP contribution in [0.5, 0.6) is 0 Å². The summed E-state index contributed by atoms with van der Waals surface area (Å²) < 4.78 is 10.1. The van der Waals surface area contributed by atoms with Gasteiger partial charge in [-0.2, -0.15) is 0 Å². The number of fused-ring (bicyclic) bond motifs is 2. The lowest BCUT2D eigenvalue weighted by Gasteiger charge is -2.21. The van der Waals surface area contributed by atoms with Crippen LogP contribution in [0, 0.1) is 6.92 Å². The molecule has 2 N–H and O–H groups in total. The van der Waals surface area contributed by atoms with Crippen LogP contribution in [-0.2, 0) is 20.7 Å². The minimum absolute atomic E-state index is 0.0429. The first-order chi connectivity index (χ1) is 17.2. The standard InChI is InChI=1S/C27H24N2O7/c1-5-18-20(26(33)35-4)13(2)22(28-18)27(34)36-14(3)25(32)29-19-12-8-11-17-21(19)24(31)16-10-7-6-9-15(16)23(17)30/h6-12,14,28H,5H2,1-4H3,(H,29,32). The average molecular weight is 488 g/mol. The number of aryl methyl sites for hydroxylation is 1. The molecule has 0 saturated carbocycles. The number of benzene rings is 2. The molecule has 1 heterocycles. The second-order valence-corrected chi connectivity index (χ2v) is 8.29. The van der Waals surface area contributed by atoms with Gasteiger partial charge in [0.2, 0.25) is 0 Å². The van der Waals surface area contributed by atoms with Crippen LogP contribution in [0.3, 0.4) is 0 Å². The van der Waals surface area contributed by atoms with E-state index in [1.54, 1.807) is 37.3 Å². The second-order valence-electron chi connectivity index (χ2n) is 8.29. The zero-order valence-electron chi connectivity index (χ0n) is 20.2. The summed E-state index contributed by atoms with van der Waals surface area (Å²) in [5, 5.41) is 2.60. The van der Waals surface area contributed by atoms with Gasteiger partial charge in [-0.3, -0.25) is 14.4 Å². The number of carbonyl (C=O) groups excluding carboxylic acids is 5. The van der Waals surface area contributed by atoms with E-state index in [0.717, 1.165) is 0 Å². The van der Waals surface area contributed by atoms with Crippen LogP contribution in [0.4, 0.5) is 5.69 Å². The fourth-order valence-electron chi connectivity index (χ4n) is 4.26. The Hall–Kier alpha value is -4.53. The van der Waals surface area contributed by atoms with Crippen molar-refractivity contribution in [1.82, 2.24) is 4.98 Å². The molecule has 2 aromatic carbocycles. The highest BCUT2D eigenvalue weighted by Gasteiger charge is 2.33. The number of H-pyrrole nitrogens is 1. The molecule has 3 aromatic rings. The van der Waals surface area contributed by atoms with Crippen LogP contribution in [0.15, 0.2) is 42.5 Å². The molecule has 1 amide bonds. The van der Waals surface area contributed by atoms with Crippen molar-refractivity contribution in [3.63, 3.8) is 0 Å². The van der Waals surface area contributed by atoms with Gasteiger partial charge < -0.3 is 19.8 Å². The maximum Gasteiger partial charge on any atom is 0.355 e. The van der Waals surface area contributed by atoms with E-state index in [-0.39, 0.29) is 45.2 Å². The minimum atomic E-state index is -1.25. The van der Waals surface area contributed by atoms with Crippen molar-refractivity contribution in [2.75, 3.05) is 12.4 Å². The maximum absolute atomic E-state index is 13.1. The third kappa shape index (κ3) is 4.08. The van der Waals surface area contributed by atoms with Crippen LogP contribution in [-0.4, -0.2) is 47.6 Å². The Bertz CT molecular complexity index is 1430. The van der Waals surface area contributed by atoms with Crippen molar-refractivity contribution in [1.29, 1.82) is 0 Å². The molecule has 36 heavy (non-hydrogen) atoms. The number of methoxy groups -OCH3 is 1. The Kier molecular flexibility index (Phi) is 6.57. The fourth-order valence-corrected chi connectivity index (χ4v) is 4.26. The van der Waals surface area contributed by atoms with Crippen LogP contribution >= 0.6 is 0 Å². The van der Waals surface area contributed by atoms with E-state index in [9.17, 15) is 24.0 Å². The second kappa shape index (κ2) is 9.61. The average Bonchev–Trinajstić information content (AvgIpc) is 3.22. The first-order valence-corrected chi connectivity index (χ1v) is 11.3. The van der Waals surface area contributed by atoms with Crippen molar-refractivity contribution < 1.29 is 33.4 Å². The molecule has 4 rings (SSSR count). The van der Waals surface area contributed by atoms with Gasteiger partial charge in [0.15, 0.2) is 17.7 Å². The monoisotopic (exact) mass is 488 g/mol. The summed E-state index contributed by atoms with van der Waals surface area (Å²) in [4.78, 5) is 66.8. The number of hydrogen-bond donors (Lipinski definition) is 2. The van der Waals surface area contributed by atoms with E-state index >= 15 is 0 Å². The smallest absolute Gasteiger partial charge is 0.355 e. The third-order valence-electron chi connectivity index (χ3n) is 6.14. The van der Waals surface area contributed by atoms with E-state index in [2.05, 4.69) is 10.3 Å². The van der Waals surface area contributed by atoms with E-state index < -0.39 is 23.9 Å². The number of rotatable bonds is 6. The van der Waals surface area contributed by atoms with Crippen LogP contribution in [0.25, 0.3) is 0 Å². The highest BCUT2D eigenvalue weighted by atomic mass is 16.5. The fraction of sp³-hybridized carbons (Fsp3) is 0.222. The zero-order valence-corrected chi connectivity index (χ0v) is 20.2. The van der Waals surface area contributed by atoms with Crippen molar-refractivity contribution in [2.24, 2.45) is 0 Å². The van der Waals surface area contributed by atoms with Gasteiger partial charge >= 0.3 is 11.9 Å². The molecule has 1 aromatic heterocycles. The number of ketones is 2. The Morgan fingerprint density at radius 1 is 0.944 bits per heavy atom. The molecule has 184 valence electrons. The van der Waals surface area contributed by atoms with E-state index in [0.29, 0.717) is 23.2 Å². The molecule has 1 aliphatic carbocycles. The van der Waals surface area contributed by atoms with Gasteiger partial charge in [0.1, 0.15) is 5.69 Å². The van der Waals surface area contributed by atoms with Crippen LogP contribution in [0.1, 0.15) is 77.8 Å². The van der Waals surface area contributed by atoms with Crippen molar-refractivity contribution >= 4 is 35.1 Å². The maximum atomic E-state index is 13.1. The molecule has 9 heteroatoms. The lowest BCUT2D eigenvalue weighted by molar-refractivity contribution is -0.123. The number of aromatic nitrogens is 1. The molecule has 1 atom stereocenters. The van der Waals surface area contributed by atoms with Crippen LogP contribution < -0.4 is 5.32 Å². The van der Waals surface area contributed by atoms with Gasteiger partial charge in [-0.1, -0.05) is 43.3 Å². The lowest BCUT2D eigenvalue weighted by Crippen LogP contribution is -2.31. The molecule has 0 bridgehead atoms.